The fourth-order valence-corrected chi connectivity index (χ4v) is 0.829. The summed E-state index contributed by atoms with van der Waals surface area (Å²) in [5.74, 6) is 0.0456. The van der Waals surface area contributed by atoms with Crippen LogP contribution < -0.4 is 10.1 Å². The van der Waals surface area contributed by atoms with Crippen molar-refractivity contribution < 1.29 is 14.6 Å². The molecule has 0 saturated carbocycles. The Labute approximate surface area is 80.9 Å². The predicted octanol–water partition coefficient (Wildman–Crippen LogP) is 0.372. The normalized spacial score (nSPS) is 9.50. The fraction of sp³-hybridized carbons (Fsp3) is 0.375. The smallest absolute Gasteiger partial charge is 0.305 e. The van der Waals surface area contributed by atoms with Gasteiger partial charge >= 0.3 is 5.97 Å². The zero-order valence-corrected chi connectivity index (χ0v) is 7.73. The van der Waals surface area contributed by atoms with E-state index < -0.39 is 5.97 Å². The van der Waals surface area contributed by atoms with Gasteiger partial charge in [0.05, 0.1) is 25.9 Å². The van der Waals surface area contributed by atoms with E-state index in [0.717, 1.165) is 0 Å². The summed E-state index contributed by atoms with van der Waals surface area (Å²) in [5, 5.41) is 11.2. The van der Waals surface area contributed by atoms with Crippen LogP contribution in [-0.2, 0) is 4.79 Å². The molecule has 14 heavy (non-hydrogen) atoms. The topological polar surface area (TPSA) is 84.3 Å². The lowest BCUT2D eigenvalue weighted by Crippen LogP contribution is -2.09. The highest BCUT2D eigenvalue weighted by Gasteiger charge is 1.99. The van der Waals surface area contributed by atoms with Crippen molar-refractivity contribution in [1.29, 1.82) is 0 Å². The molecule has 0 aromatic carbocycles. The van der Waals surface area contributed by atoms with E-state index in [2.05, 4.69) is 15.3 Å². The van der Waals surface area contributed by atoms with Crippen LogP contribution in [0.5, 0.6) is 5.88 Å². The molecule has 0 unspecified atom stereocenters. The number of carbonyl (C=O) groups is 1. The van der Waals surface area contributed by atoms with Crippen LogP contribution in [0, 0.1) is 0 Å². The third-order valence-corrected chi connectivity index (χ3v) is 1.47. The van der Waals surface area contributed by atoms with Crippen molar-refractivity contribution in [3.05, 3.63) is 12.4 Å². The molecule has 0 bridgehead atoms. The monoisotopic (exact) mass is 197 g/mol. The number of nitrogens with zero attached hydrogens (tertiary/aromatic N) is 2. The second-order valence-electron chi connectivity index (χ2n) is 2.52. The highest BCUT2D eigenvalue weighted by molar-refractivity contribution is 5.67. The zero-order chi connectivity index (χ0) is 10.4. The maximum absolute atomic E-state index is 10.2. The molecule has 0 spiro atoms. The summed E-state index contributed by atoms with van der Waals surface area (Å²) < 4.78 is 4.85. The average molecular weight is 197 g/mol. The molecule has 0 fully saturated rings. The Balaban J connectivity index is 2.46. The number of anilines is 1. The molecular formula is C8H11N3O3. The zero-order valence-electron chi connectivity index (χ0n) is 7.73. The molecule has 1 aromatic rings. The van der Waals surface area contributed by atoms with E-state index in [9.17, 15) is 4.79 Å². The Morgan fingerprint density at radius 2 is 2.43 bits per heavy atom. The lowest BCUT2D eigenvalue weighted by molar-refractivity contribution is -0.136. The van der Waals surface area contributed by atoms with Gasteiger partial charge in [-0.1, -0.05) is 0 Å². The Hall–Kier alpha value is -1.85. The van der Waals surface area contributed by atoms with Gasteiger partial charge in [0.2, 0.25) is 5.88 Å². The summed E-state index contributed by atoms with van der Waals surface area (Å²) in [4.78, 5) is 18.1. The van der Waals surface area contributed by atoms with Gasteiger partial charge in [-0.3, -0.25) is 9.78 Å². The molecule has 6 heteroatoms. The number of carboxylic acids is 1. The minimum Gasteiger partial charge on any atom is -0.481 e. The number of aromatic nitrogens is 2. The Morgan fingerprint density at radius 1 is 1.64 bits per heavy atom. The second kappa shape index (κ2) is 5.00. The molecule has 0 aliphatic rings. The molecule has 0 atom stereocenters. The van der Waals surface area contributed by atoms with Crippen LogP contribution in [0.1, 0.15) is 6.42 Å². The average Bonchev–Trinajstić information content (AvgIpc) is 2.18. The second-order valence-corrected chi connectivity index (χ2v) is 2.52. The maximum atomic E-state index is 10.2. The number of rotatable bonds is 5. The first kappa shape index (κ1) is 10.2. The summed E-state index contributed by atoms with van der Waals surface area (Å²) in [6.45, 7) is 0.317. The standard InChI is InChI=1S/C8H11N3O3/c1-14-7-5-9-4-6(11-7)10-3-2-8(12)13/h4-5H,2-3H2,1H3,(H,10,11)(H,12,13). The van der Waals surface area contributed by atoms with E-state index in [1.54, 1.807) is 0 Å². The molecule has 1 rings (SSSR count). The third kappa shape index (κ3) is 3.26. The summed E-state index contributed by atoms with van der Waals surface area (Å²) in [6.07, 6.45) is 3.02. The molecule has 1 heterocycles. The number of hydrogen-bond acceptors (Lipinski definition) is 5. The van der Waals surface area contributed by atoms with Crippen LogP contribution in [0.4, 0.5) is 5.82 Å². The van der Waals surface area contributed by atoms with E-state index in [-0.39, 0.29) is 6.42 Å². The molecule has 0 radical (unpaired) electrons. The first-order chi connectivity index (χ1) is 6.72. The van der Waals surface area contributed by atoms with Crippen LogP contribution in [-0.4, -0.2) is 34.7 Å². The lowest BCUT2D eigenvalue weighted by atomic mass is 10.4. The SMILES string of the molecule is COc1cncc(NCCC(=O)O)n1. The first-order valence-corrected chi connectivity index (χ1v) is 4.04. The first-order valence-electron chi connectivity index (χ1n) is 4.04. The van der Waals surface area contributed by atoms with Crippen LogP contribution >= 0.6 is 0 Å². The van der Waals surface area contributed by atoms with E-state index in [4.69, 9.17) is 9.84 Å². The quantitative estimate of drug-likeness (QED) is 0.709. The predicted molar refractivity (Wildman–Crippen MR) is 49.3 cm³/mol. The molecule has 0 aliphatic carbocycles. The largest absolute Gasteiger partial charge is 0.481 e. The fourth-order valence-electron chi connectivity index (χ4n) is 0.829. The number of carboxylic acid groups (broad SMARTS) is 1. The van der Waals surface area contributed by atoms with Crippen molar-refractivity contribution in [3.63, 3.8) is 0 Å². The third-order valence-electron chi connectivity index (χ3n) is 1.47. The van der Waals surface area contributed by atoms with Gasteiger partial charge in [-0.15, -0.1) is 0 Å². The van der Waals surface area contributed by atoms with E-state index >= 15 is 0 Å². The molecular weight excluding hydrogens is 186 g/mol. The number of aliphatic carboxylic acids is 1. The molecule has 2 N–H and O–H groups in total. The van der Waals surface area contributed by atoms with Gasteiger partial charge in [0.25, 0.3) is 0 Å². The molecule has 0 aliphatic heterocycles. The number of methoxy groups -OCH3 is 1. The van der Waals surface area contributed by atoms with Crippen molar-refractivity contribution in [2.24, 2.45) is 0 Å². The lowest BCUT2D eigenvalue weighted by Gasteiger charge is -2.04. The van der Waals surface area contributed by atoms with Gasteiger partial charge in [-0.05, 0) is 0 Å². The van der Waals surface area contributed by atoms with E-state index in [0.29, 0.717) is 18.2 Å². The summed E-state index contributed by atoms with van der Waals surface area (Å²) in [7, 11) is 1.49. The van der Waals surface area contributed by atoms with E-state index in [1.165, 1.54) is 19.5 Å². The Bertz CT molecular complexity index is 316. The van der Waals surface area contributed by atoms with Gasteiger partial charge in [-0.2, -0.15) is 4.98 Å². The van der Waals surface area contributed by atoms with Crippen LogP contribution in [0.15, 0.2) is 12.4 Å². The molecule has 0 saturated heterocycles. The van der Waals surface area contributed by atoms with Crippen molar-refractivity contribution >= 4 is 11.8 Å². The molecule has 1 aromatic heterocycles. The van der Waals surface area contributed by atoms with Gasteiger partial charge in [0, 0.05) is 6.54 Å². The van der Waals surface area contributed by atoms with Crippen molar-refractivity contribution in [1.82, 2.24) is 9.97 Å². The summed E-state index contributed by atoms with van der Waals surface area (Å²) in [5.41, 5.74) is 0. The van der Waals surface area contributed by atoms with Crippen LogP contribution in [0.3, 0.4) is 0 Å². The summed E-state index contributed by atoms with van der Waals surface area (Å²) in [6, 6.07) is 0. The van der Waals surface area contributed by atoms with Crippen LogP contribution in [0.25, 0.3) is 0 Å². The minimum absolute atomic E-state index is 0.0406. The van der Waals surface area contributed by atoms with Gasteiger partial charge in [0.15, 0.2) is 0 Å². The highest BCUT2D eigenvalue weighted by Crippen LogP contribution is 2.07. The highest BCUT2D eigenvalue weighted by atomic mass is 16.5. The van der Waals surface area contributed by atoms with Crippen molar-refractivity contribution in [3.8, 4) is 5.88 Å². The van der Waals surface area contributed by atoms with Gasteiger partial charge in [0.1, 0.15) is 5.82 Å². The number of nitrogens with one attached hydrogen (secondary N) is 1. The molecule has 0 amide bonds. The maximum Gasteiger partial charge on any atom is 0.305 e. The van der Waals surface area contributed by atoms with Crippen molar-refractivity contribution in [2.45, 2.75) is 6.42 Å². The Morgan fingerprint density at radius 3 is 3.07 bits per heavy atom. The van der Waals surface area contributed by atoms with Crippen LogP contribution in [0.2, 0.25) is 0 Å². The molecule has 6 nitrogen and oxygen atoms in total. The number of ether oxygens (including phenoxy) is 1. The Kier molecular flexibility index (Phi) is 3.66. The van der Waals surface area contributed by atoms with Gasteiger partial charge in [-0.25, -0.2) is 0 Å². The van der Waals surface area contributed by atoms with E-state index in [1.807, 2.05) is 0 Å². The summed E-state index contributed by atoms with van der Waals surface area (Å²) >= 11 is 0. The molecule has 76 valence electrons. The number of hydrogen-bond donors (Lipinski definition) is 2. The minimum atomic E-state index is -0.853. The van der Waals surface area contributed by atoms with Crippen molar-refractivity contribution in [2.75, 3.05) is 19.0 Å². The van der Waals surface area contributed by atoms with Gasteiger partial charge < -0.3 is 15.2 Å².